The maximum absolute atomic E-state index is 10.3. The predicted octanol–water partition coefficient (Wildman–Crippen LogP) is 12.7. The number of carboxylic acids is 1. The highest BCUT2D eigenvalue weighted by molar-refractivity contribution is 8.93. The van der Waals surface area contributed by atoms with E-state index < -0.39 is 5.97 Å². The van der Waals surface area contributed by atoms with Crippen molar-refractivity contribution in [3.05, 3.63) is 0 Å². The monoisotopic (exact) mass is 679 g/mol. The summed E-state index contributed by atoms with van der Waals surface area (Å²) in [6.07, 6.45) is 37.1. The minimum absolute atomic E-state index is 0. The SMILES string of the molecule is Br.CCCCCCCCCCCCCCCCCC(=O)O.CCCCCCCCN(C)C.CCCCCCCCN(C)C. The molecule has 5 heteroatoms. The molecule has 0 aliphatic heterocycles. The summed E-state index contributed by atoms with van der Waals surface area (Å²) < 4.78 is 0. The second-order valence-electron chi connectivity index (χ2n) is 13.2. The van der Waals surface area contributed by atoms with Crippen LogP contribution < -0.4 is 0 Å². The number of carboxylic acid groups (broad SMARTS) is 1. The van der Waals surface area contributed by atoms with Crippen molar-refractivity contribution in [2.45, 2.75) is 201 Å². The Labute approximate surface area is 283 Å². The highest BCUT2D eigenvalue weighted by atomic mass is 79.9. The third-order valence-corrected chi connectivity index (χ3v) is 7.91. The number of nitrogens with zero attached hydrogens (tertiary/aromatic N) is 2. The van der Waals surface area contributed by atoms with Gasteiger partial charge in [0.2, 0.25) is 0 Å². The smallest absolute Gasteiger partial charge is 0.303 e. The normalized spacial score (nSPS) is 10.6. The van der Waals surface area contributed by atoms with Crippen LogP contribution in [0.2, 0.25) is 0 Å². The molecular weight excluding hydrogens is 596 g/mol. The van der Waals surface area contributed by atoms with E-state index in [4.69, 9.17) is 5.11 Å². The lowest BCUT2D eigenvalue weighted by atomic mass is 10.0. The van der Waals surface area contributed by atoms with Crippen LogP contribution in [0.4, 0.5) is 0 Å². The fraction of sp³-hybridized carbons (Fsp3) is 0.974. The fourth-order valence-corrected chi connectivity index (χ4v) is 5.06. The summed E-state index contributed by atoms with van der Waals surface area (Å²) in [7, 11) is 8.58. The third kappa shape index (κ3) is 61.6. The van der Waals surface area contributed by atoms with Crippen molar-refractivity contribution < 1.29 is 9.90 Å². The average molecular weight is 680 g/mol. The molecule has 0 rings (SSSR count). The minimum atomic E-state index is -0.653. The van der Waals surface area contributed by atoms with E-state index in [0.717, 1.165) is 12.8 Å². The molecule has 0 aliphatic carbocycles. The first-order valence-electron chi connectivity index (χ1n) is 18.8. The maximum atomic E-state index is 10.3. The second-order valence-corrected chi connectivity index (χ2v) is 13.2. The molecule has 0 bridgehead atoms. The zero-order chi connectivity index (χ0) is 31.9. The van der Waals surface area contributed by atoms with Crippen molar-refractivity contribution >= 4 is 23.0 Å². The van der Waals surface area contributed by atoms with Crippen LogP contribution in [0.3, 0.4) is 0 Å². The standard InChI is InChI=1S/C18H36O2.2C10H23N.BrH/c1-2-3-4-5-6-7-8-9-10-11-12-13-14-15-16-17-18(19)20;2*1-4-5-6-7-8-9-10-11(2)3;/h2-17H2,1H3,(H,19,20);2*4-10H2,1-3H3;1H. The summed E-state index contributed by atoms with van der Waals surface area (Å²) in [5.74, 6) is -0.653. The lowest BCUT2D eigenvalue weighted by Gasteiger charge is -2.08. The van der Waals surface area contributed by atoms with Crippen molar-refractivity contribution in [2.24, 2.45) is 0 Å². The van der Waals surface area contributed by atoms with Crippen molar-refractivity contribution in [3.63, 3.8) is 0 Å². The first kappa shape index (κ1) is 49.7. The van der Waals surface area contributed by atoms with Crippen LogP contribution >= 0.6 is 17.0 Å². The van der Waals surface area contributed by atoms with E-state index in [9.17, 15) is 4.79 Å². The zero-order valence-electron chi connectivity index (χ0n) is 30.9. The number of unbranched alkanes of at least 4 members (excludes halogenated alkanes) is 24. The lowest BCUT2D eigenvalue weighted by Crippen LogP contribution is -2.12. The van der Waals surface area contributed by atoms with Gasteiger partial charge < -0.3 is 14.9 Å². The first-order chi connectivity index (χ1) is 20.3. The van der Waals surface area contributed by atoms with Gasteiger partial charge in [-0.15, -0.1) is 17.0 Å². The van der Waals surface area contributed by atoms with Crippen LogP contribution in [0, 0.1) is 0 Å². The summed E-state index contributed by atoms with van der Waals surface area (Å²) in [6, 6.07) is 0. The Kier molecular flexibility index (Phi) is 53.5. The number of hydrogen-bond acceptors (Lipinski definition) is 3. The average Bonchev–Trinajstić information content (AvgIpc) is 2.95. The third-order valence-electron chi connectivity index (χ3n) is 7.91. The number of aliphatic carboxylic acids is 1. The summed E-state index contributed by atoms with van der Waals surface area (Å²) in [5.41, 5.74) is 0. The van der Waals surface area contributed by atoms with Crippen LogP contribution in [-0.4, -0.2) is 62.2 Å². The zero-order valence-corrected chi connectivity index (χ0v) is 32.6. The Morgan fingerprint density at radius 1 is 0.395 bits per heavy atom. The number of rotatable bonds is 30. The Morgan fingerprint density at radius 3 is 0.814 bits per heavy atom. The van der Waals surface area contributed by atoms with Gasteiger partial charge in [-0.3, -0.25) is 4.79 Å². The molecule has 0 aromatic heterocycles. The Bertz CT molecular complexity index is 455. The first-order valence-corrected chi connectivity index (χ1v) is 18.8. The largest absolute Gasteiger partial charge is 0.481 e. The van der Waals surface area contributed by atoms with Crippen LogP contribution in [0.1, 0.15) is 201 Å². The molecule has 0 saturated heterocycles. The van der Waals surface area contributed by atoms with E-state index in [1.54, 1.807) is 0 Å². The van der Waals surface area contributed by atoms with Gasteiger partial charge in [-0.05, 0) is 60.5 Å². The lowest BCUT2D eigenvalue weighted by molar-refractivity contribution is -0.137. The van der Waals surface area contributed by atoms with E-state index in [-0.39, 0.29) is 17.0 Å². The molecule has 1 N–H and O–H groups in total. The van der Waals surface area contributed by atoms with Gasteiger partial charge in [0.05, 0.1) is 0 Å². The van der Waals surface area contributed by atoms with E-state index in [0.29, 0.717) is 6.42 Å². The topological polar surface area (TPSA) is 43.8 Å². The molecule has 0 unspecified atom stereocenters. The second kappa shape index (κ2) is 46.3. The number of hydrogen-bond donors (Lipinski definition) is 1. The molecule has 264 valence electrons. The fourth-order valence-electron chi connectivity index (χ4n) is 5.06. The van der Waals surface area contributed by atoms with Crippen molar-refractivity contribution in [1.29, 1.82) is 0 Å². The molecule has 0 amide bonds. The van der Waals surface area contributed by atoms with Crippen LogP contribution in [0.25, 0.3) is 0 Å². The number of carbonyl (C=O) groups is 1. The van der Waals surface area contributed by atoms with Gasteiger partial charge in [-0.1, -0.05) is 175 Å². The van der Waals surface area contributed by atoms with E-state index in [1.165, 1.54) is 174 Å². The number of halogens is 1. The molecule has 0 fully saturated rings. The molecule has 0 heterocycles. The maximum Gasteiger partial charge on any atom is 0.303 e. The molecule has 0 atom stereocenters. The Morgan fingerprint density at radius 2 is 0.605 bits per heavy atom. The summed E-state index contributed by atoms with van der Waals surface area (Å²) in [5, 5.41) is 8.52. The summed E-state index contributed by atoms with van der Waals surface area (Å²) >= 11 is 0. The highest BCUT2D eigenvalue weighted by Gasteiger charge is 1.97. The molecule has 0 saturated carbocycles. The molecule has 43 heavy (non-hydrogen) atoms. The highest BCUT2D eigenvalue weighted by Crippen LogP contribution is 2.13. The molecule has 4 nitrogen and oxygen atoms in total. The van der Waals surface area contributed by atoms with Crippen molar-refractivity contribution in [1.82, 2.24) is 9.80 Å². The summed E-state index contributed by atoms with van der Waals surface area (Å²) in [6.45, 7) is 9.31. The van der Waals surface area contributed by atoms with Gasteiger partial charge in [-0.25, -0.2) is 0 Å². The van der Waals surface area contributed by atoms with Gasteiger partial charge in [0, 0.05) is 6.42 Å². The van der Waals surface area contributed by atoms with E-state index in [1.807, 2.05) is 0 Å². The van der Waals surface area contributed by atoms with Crippen LogP contribution in [0.15, 0.2) is 0 Å². The van der Waals surface area contributed by atoms with Crippen LogP contribution in [-0.2, 0) is 4.79 Å². The van der Waals surface area contributed by atoms with Gasteiger partial charge in [0.1, 0.15) is 0 Å². The predicted molar refractivity (Wildman–Crippen MR) is 201 cm³/mol. The molecular formula is C38H83BrN2O2. The van der Waals surface area contributed by atoms with Gasteiger partial charge in [0.25, 0.3) is 0 Å². The van der Waals surface area contributed by atoms with E-state index >= 15 is 0 Å². The van der Waals surface area contributed by atoms with Crippen molar-refractivity contribution in [2.75, 3.05) is 41.3 Å². The van der Waals surface area contributed by atoms with Crippen LogP contribution in [0.5, 0.6) is 0 Å². The minimum Gasteiger partial charge on any atom is -0.481 e. The van der Waals surface area contributed by atoms with Crippen molar-refractivity contribution in [3.8, 4) is 0 Å². The Hall–Kier alpha value is -0.130. The molecule has 0 aliphatic rings. The van der Waals surface area contributed by atoms with Gasteiger partial charge in [0.15, 0.2) is 0 Å². The molecule has 0 aromatic rings. The molecule has 0 radical (unpaired) electrons. The molecule has 0 aromatic carbocycles. The van der Waals surface area contributed by atoms with Gasteiger partial charge >= 0.3 is 5.97 Å². The van der Waals surface area contributed by atoms with Gasteiger partial charge in [-0.2, -0.15) is 0 Å². The Balaban J connectivity index is -0.000000283. The summed E-state index contributed by atoms with van der Waals surface area (Å²) in [4.78, 5) is 14.9. The molecule has 0 spiro atoms. The quantitative estimate of drug-likeness (QED) is 0.0768. The van der Waals surface area contributed by atoms with E-state index in [2.05, 4.69) is 58.8 Å².